The molecule has 3 rings (SSSR count). The summed E-state index contributed by atoms with van der Waals surface area (Å²) in [5, 5.41) is 0. The Bertz CT molecular complexity index is 585. The van der Waals surface area contributed by atoms with Crippen LogP contribution in [0.5, 0.6) is 0 Å². The van der Waals surface area contributed by atoms with Crippen LogP contribution in [0.3, 0.4) is 0 Å². The van der Waals surface area contributed by atoms with E-state index in [-0.39, 0.29) is 0 Å². The van der Waals surface area contributed by atoms with E-state index in [1.165, 1.54) is 32.1 Å². The summed E-state index contributed by atoms with van der Waals surface area (Å²) in [4.78, 5) is 8.54. The van der Waals surface area contributed by atoms with E-state index in [1.54, 1.807) is 0 Å². The summed E-state index contributed by atoms with van der Waals surface area (Å²) in [5.41, 5.74) is 7.88. The van der Waals surface area contributed by atoms with Gasteiger partial charge in [0.25, 0.3) is 0 Å². The van der Waals surface area contributed by atoms with Crippen molar-refractivity contribution in [1.82, 2.24) is 14.5 Å². The number of imidazole rings is 1. The first-order chi connectivity index (χ1) is 10.2. The molecule has 1 saturated carbocycles. The fourth-order valence-corrected chi connectivity index (χ4v) is 4.14. The maximum absolute atomic E-state index is 5.67. The highest BCUT2D eigenvalue weighted by Crippen LogP contribution is 2.40. The summed E-state index contributed by atoms with van der Waals surface area (Å²) >= 11 is 2.01. The molecule has 1 aliphatic carbocycles. The molecule has 0 saturated heterocycles. The van der Waals surface area contributed by atoms with Gasteiger partial charge in [-0.15, -0.1) is 0 Å². The van der Waals surface area contributed by atoms with Gasteiger partial charge in [0, 0.05) is 23.1 Å². The molecular formula is C16H22N4S. The Morgan fingerprint density at radius 3 is 2.71 bits per heavy atom. The lowest BCUT2D eigenvalue weighted by atomic mass is 9.88. The quantitative estimate of drug-likeness (QED) is 0.937. The molecule has 0 bridgehead atoms. The number of hydrogen-bond acceptors (Lipinski definition) is 4. The van der Waals surface area contributed by atoms with Crippen molar-refractivity contribution in [3.8, 4) is 11.3 Å². The standard InChI is InChI=1S/C16H22N4S/c1-21-16(7-3-2-4-8-16)11-20-12-18-10-14(20)13-5-6-15(17)19-9-13/h5-6,9-10,12H,2-4,7-8,11H2,1H3,(H2,17,19). The second kappa shape index (κ2) is 6.10. The number of nitrogens with zero attached hydrogens (tertiary/aromatic N) is 3. The molecule has 2 heterocycles. The average molecular weight is 302 g/mol. The van der Waals surface area contributed by atoms with E-state index in [1.807, 2.05) is 42.6 Å². The second-order valence-corrected chi connectivity index (χ2v) is 7.10. The van der Waals surface area contributed by atoms with Gasteiger partial charge >= 0.3 is 0 Å². The predicted molar refractivity (Wildman–Crippen MR) is 89.2 cm³/mol. The maximum atomic E-state index is 5.67. The lowest BCUT2D eigenvalue weighted by molar-refractivity contribution is 0.359. The average Bonchev–Trinajstić information content (AvgIpc) is 2.97. The lowest BCUT2D eigenvalue weighted by Gasteiger charge is -2.36. The van der Waals surface area contributed by atoms with Crippen molar-refractivity contribution in [2.75, 3.05) is 12.0 Å². The summed E-state index contributed by atoms with van der Waals surface area (Å²) in [6.45, 7) is 1.02. The molecule has 2 aromatic heterocycles. The topological polar surface area (TPSA) is 56.7 Å². The fourth-order valence-electron chi connectivity index (χ4n) is 3.18. The number of anilines is 1. The zero-order valence-corrected chi connectivity index (χ0v) is 13.3. The van der Waals surface area contributed by atoms with Gasteiger partial charge < -0.3 is 10.3 Å². The van der Waals surface area contributed by atoms with Crippen LogP contribution in [-0.2, 0) is 6.54 Å². The van der Waals surface area contributed by atoms with Gasteiger partial charge in [-0.2, -0.15) is 11.8 Å². The molecule has 1 fully saturated rings. The number of thioether (sulfide) groups is 1. The van der Waals surface area contributed by atoms with Gasteiger partial charge in [0.1, 0.15) is 5.82 Å². The SMILES string of the molecule is CSC1(Cn2cncc2-c2ccc(N)nc2)CCCCC1. The fraction of sp³-hybridized carbons (Fsp3) is 0.500. The molecule has 1 aliphatic rings. The van der Waals surface area contributed by atoms with Crippen molar-refractivity contribution >= 4 is 17.6 Å². The Morgan fingerprint density at radius 1 is 1.24 bits per heavy atom. The largest absolute Gasteiger partial charge is 0.384 e. The molecule has 0 amide bonds. The normalized spacial score (nSPS) is 17.8. The molecule has 21 heavy (non-hydrogen) atoms. The Labute approximate surface area is 130 Å². The van der Waals surface area contributed by atoms with Crippen LogP contribution >= 0.6 is 11.8 Å². The summed E-state index contributed by atoms with van der Waals surface area (Å²) in [6.07, 6.45) is 14.6. The van der Waals surface area contributed by atoms with E-state index in [2.05, 4.69) is 20.8 Å². The summed E-state index contributed by atoms with van der Waals surface area (Å²) in [7, 11) is 0. The highest BCUT2D eigenvalue weighted by molar-refractivity contribution is 8.00. The molecule has 2 aromatic rings. The molecule has 0 aromatic carbocycles. The molecule has 0 spiro atoms. The Kier molecular flexibility index (Phi) is 4.19. The highest BCUT2D eigenvalue weighted by Gasteiger charge is 2.32. The summed E-state index contributed by atoms with van der Waals surface area (Å²) in [5.74, 6) is 0.553. The van der Waals surface area contributed by atoms with Crippen LogP contribution in [0.2, 0.25) is 0 Å². The van der Waals surface area contributed by atoms with Crippen molar-refractivity contribution in [3.63, 3.8) is 0 Å². The van der Waals surface area contributed by atoms with Gasteiger partial charge in [-0.3, -0.25) is 0 Å². The minimum atomic E-state index is 0.356. The molecule has 0 atom stereocenters. The van der Waals surface area contributed by atoms with Gasteiger partial charge in [-0.1, -0.05) is 19.3 Å². The third kappa shape index (κ3) is 3.07. The van der Waals surface area contributed by atoms with E-state index in [0.717, 1.165) is 17.8 Å². The molecular weight excluding hydrogens is 280 g/mol. The van der Waals surface area contributed by atoms with Crippen molar-refractivity contribution in [3.05, 3.63) is 30.9 Å². The van der Waals surface area contributed by atoms with Crippen LogP contribution in [-0.4, -0.2) is 25.5 Å². The first-order valence-corrected chi connectivity index (χ1v) is 8.72. The van der Waals surface area contributed by atoms with E-state index >= 15 is 0 Å². The van der Waals surface area contributed by atoms with E-state index in [4.69, 9.17) is 5.73 Å². The number of nitrogen functional groups attached to an aromatic ring is 1. The number of pyridine rings is 1. The Balaban J connectivity index is 1.86. The monoisotopic (exact) mass is 302 g/mol. The van der Waals surface area contributed by atoms with E-state index in [0.29, 0.717) is 10.6 Å². The smallest absolute Gasteiger partial charge is 0.123 e. The van der Waals surface area contributed by atoms with Crippen LogP contribution < -0.4 is 5.73 Å². The molecule has 4 nitrogen and oxygen atoms in total. The van der Waals surface area contributed by atoms with Crippen molar-refractivity contribution < 1.29 is 0 Å². The van der Waals surface area contributed by atoms with E-state index in [9.17, 15) is 0 Å². The third-order valence-corrected chi connectivity index (χ3v) is 5.85. The van der Waals surface area contributed by atoms with Gasteiger partial charge in [-0.25, -0.2) is 9.97 Å². The second-order valence-electron chi connectivity index (χ2n) is 5.83. The number of rotatable bonds is 4. The molecule has 112 valence electrons. The van der Waals surface area contributed by atoms with Crippen LogP contribution in [0.15, 0.2) is 30.9 Å². The number of hydrogen-bond donors (Lipinski definition) is 1. The lowest BCUT2D eigenvalue weighted by Crippen LogP contribution is -2.33. The zero-order chi connectivity index (χ0) is 14.7. The van der Waals surface area contributed by atoms with Gasteiger partial charge in [0.15, 0.2) is 0 Å². The van der Waals surface area contributed by atoms with Crippen molar-refractivity contribution in [2.45, 2.75) is 43.4 Å². The Morgan fingerprint density at radius 2 is 2.05 bits per heavy atom. The van der Waals surface area contributed by atoms with E-state index < -0.39 is 0 Å². The summed E-state index contributed by atoms with van der Waals surface area (Å²) < 4.78 is 2.63. The minimum absolute atomic E-state index is 0.356. The van der Waals surface area contributed by atoms with Crippen molar-refractivity contribution in [1.29, 1.82) is 0 Å². The number of nitrogens with two attached hydrogens (primary N) is 1. The molecule has 2 N–H and O–H groups in total. The van der Waals surface area contributed by atoms with Gasteiger partial charge in [0.2, 0.25) is 0 Å². The zero-order valence-electron chi connectivity index (χ0n) is 12.5. The molecule has 0 radical (unpaired) electrons. The van der Waals surface area contributed by atoms with Crippen LogP contribution in [0.4, 0.5) is 5.82 Å². The highest BCUT2D eigenvalue weighted by atomic mass is 32.2. The molecule has 5 heteroatoms. The van der Waals surface area contributed by atoms with Gasteiger partial charge in [-0.05, 0) is 31.2 Å². The van der Waals surface area contributed by atoms with Crippen LogP contribution in [0.25, 0.3) is 11.3 Å². The van der Waals surface area contributed by atoms with Crippen LogP contribution in [0.1, 0.15) is 32.1 Å². The molecule has 0 aliphatic heterocycles. The van der Waals surface area contributed by atoms with Crippen molar-refractivity contribution in [2.24, 2.45) is 0 Å². The minimum Gasteiger partial charge on any atom is -0.384 e. The van der Waals surface area contributed by atoms with Crippen LogP contribution in [0, 0.1) is 0 Å². The maximum Gasteiger partial charge on any atom is 0.123 e. The summed E-state index contributed by atoms with van der Waals surface area (Å²) in [6, 6.07) is 3.86. The van der Waals surface area contributed by atoms with Gasteiger partial charge in [0.05, 0.1) is 18.2 Å². The third-order valence-electron chi connectivity index (χ3n) is 4.45. The first-order valence-electron chi connectivity index (χ1n) is 7.50. The molecule has 0 unspecified atom stereocenters. The first kappa shape index (κ1) is 14.4. The number of aromatic nitrogens is 3. The Hall–Kier alpha value is -1.49. The predicted octanol–water partition coefficient (Wildman–Crippen LogP) is 3.59.